The van der Waals surface area contributed by atoms with Crippen molar-refractivity contribution >= 4 is 23.4 Å². The molecule has 5 N–H and O–H groups in total. The first-order chi connectivity index (χ1) is 15.5. The molecule has 4 unspecified atom stereocenters. The summed E-state index contributed by atoms with van der Waals surface area (Å²) in [6, 6.07) is 9.58. The molecule has 166 valence electrons. The summed E-state index contributed by atoms with van der Waals surface area (Å²) < 4.78 is 6.29. The monoisotopic (exact) mass is 440 g/mol. The van der Waals surface area contributed by atoms with E-state index in [1.165, 1.54) is 12.3 Å². The third-order valence-electron chi connectivity index (χ3n) is 4.83. The predicted molar refractivity (Wildman–Crippen MR) is 111 cm³/mol. The number of rotatable bonds is 6. The SMILES string of the molecule is O=C(Nc1ccn(C2OC(CO)C(O)C2O)c(=O)n1)c1ccc(Nc2ncccn2)cc1. The Hall–Kier alpha value is -3.71. The van der Waals surface area contributed by atoms with Crippen LogP contribution in [0.2, 0.25) is 0 Å². The lowest BCUT2D eigenvalue weighted by Gasteiger charge is -2.17. The van der Waals surface area contributed by atoms with Crippen molar-refractivity contribution in [2.24, 2.45) is 0 Å². The van der Waals surface area contributed by atoms with E-state index >= 15 is 0 Å². The van der Waals surface area contributed by atoms with Gasteiger partial charge in [0.25, 0.3) is 5.91 Å². The minimum absolute atomic E-state index is 0.00267. The van der Waals surface area contributed by atoms with Crippen LogP contribution < -0.4 is 16.3 Å². The lowest BCUT2D eigenvalue weighted by Crippen LogP contribution is -2.36. The van der Waals surface area contributed by atoms with Gasteiger partial charge in [-0.15, -0.1) is 0 Å². The normalized spacial score (nSPS) is 22.5. The van der Waals surface area contributed by atoms with Gasteiger partial charge >= 0.3 is 5.69 Å². The quantitative estimate of drug-likeness (QED) is 0.341. The maximum absolute atomic E-state index is 12.5. The first-order valence-corrected chi connectivity index (χ1v) is 9.63. The van der Waals surface area contributed by atoms with Gasteiger partial charge in [0.05, 0.1) is 6.61 Å². The van der Waals surface area contributed by atoms with Gasteiger partial charge in [-0.2, -0.15) is 4.98 Å². The lowest BCUT2D eigenvalue weighted by molar-refractivity contribution is -0.0549. The minimum Gasteiger partial charge on any atom is -0.394 e. The van der Waals surface area contributed by atoms with Crippen molar-refractivity contribution in [1.82, 2.24) is 19.5 Å². The van der Waals surface area contributed by atoms with Gasteiger partial charge in [0.1, 0.15) is 24.1 Å². The molecule has 1 aromatic carbocycles. The maximum atomic E-state index is 12.5. The molecule has 12 heteroatoms. The van der Waals surface area contributed by atoms with Gasteiger partial charge in [-0.1, -0.05) is 0 Å². The molecule has 1 aliphatic heterocycles. The van der Waals surface area contributed by atoms with Crippen molar-refractivity contribution in [3.8, 4) is 0 Å². The topological polar surface area (TPSA) is 172 Å². The third kappa shape index (κ3) is 4.48. The van der Waals surface area contributed by atoms with Crippen LogP contribution in [0.1, 0.15) is 16.6 Å². The van der Waals surface area contributed by atoms with E-state index in [1.807, 2.05) is 0 Å². The molecule has 1 fully saturated rings. The van der Waals surface area contributed by atoms with E-state index in [9.17, 15) is 24.9 Å². The number of nitrogens with zero attached hydrogens (tertiary/aromatic N) is 4. The Balaban J connectivity index is 1.42. The average molecular weight is 440 g/mol. The zero-order valence-corrected chi connectivity index (χ0v) is 16.6. The molecule has 0 saturated carbocycles. The number of nitrogens with one attached hydrogen (secondary N) is 2. The fourth-order valence-corrected chi connectivity index (χ4v) is 3.17. The van der Waals surface area contributed by atoms with Crippen molar-refractivity contribution in [2.45, 2.75) is 24.5 Å². The fourth-order valence-electron chi connectivity index (χ4n) is 3.17. The summed E-state index contributed by atoms with van der Waals surface area (Å²) in [5, 5.41) is 34.6. The van der Waals surface area contributed by atoms with Crippen LogP contribution in [0.15, 0.2) is 59.8 Å². The first-order valence-electron chi connectivity index (χ1n) is 9.63. The Kier molecular flexibility index (Phi) is 6.18. The number of aromatic nitrogens is 4. The van der Waals surface area contributed by atoms with Crippen molar-refractivity contribution < 1.29 is 24.9 Å². The number of hydrogen-bond acceptors (Lipinski definition) is 10. The van der Waals surface area contributed by atoms with Gasteiger partial charge in [-0.05, 0) is 36.4 Å². The standard InChI is InChI=1S/C20H20N6O6/c27-10-13-15(28)16(29)18(32-13)26-9-6-14(25-20(26)31)24-17(30)11-2-4-12(5-3-11)23-19-21-7-1-8-22-19/h1-9,13,15-16,18,27-29H,10H2,(H,21,22,23)(H,24,25,30,31). The van der Waals surface area contributed by atoms with E-state index in [1.54, 1.807) is 42.7 Å². The molecule has 2 aromatic heterocycles. The van der Waals surface area contributed by atoms with Crippen LogP contribution in [0.3, 0.4) is 0 Å². The number of benzene rings is 1. The molecule has 0 radical (unpaired) electrons. The van der Waals surface area contributed by atoms with Crippen LogP contribution in [0.5, 0.6) is 0 Å². The number of carbonyl (C=O) groups excluding carboxylic acids is 1. The summed E-state index contributed by atoms with van der Waals surface area (Å²) >= 11 is 0. The molecule has 0 bridgehead atoms. The molecule has 1 amide bonds. The Morgan fingerprint density at radius 3 is 2.44 bits per heavy atom. The van der Waals surface area contributed by atoms with E-state index in [2.05, 4.69) is 25.6 Å². The summed E-state index contributed by atoms with van der Waals surface area (Å²) in [4.78, 5) is 36.7. The van der Waals surface area contributed by atoms with Crippen molar-refractivity contribution in [3.05, 3.63) is 71.0 Å². The number of aliphatic hydroxyl groups excluding tert-OH is 3. The highest BCUT2D eigenvalue weighted by Gasteiger charge is 2.43. The van der Waals surface area contributed by atoms with E-state index in [4.69, 9.17) is 4.74 Å². The lowest BCUT2D eigenvalue weighted by atomic mass is 10.1. The molecule has 12 nitrogen and oxygen atoms in total. The molecule has 4 atom stereocenters. The van der Waals surface area contributed by atoms with Crippen molar-refractivity contribution in [2.75, 3.05) is 17.2 Å². The molecule has 1 aliphatic rings. The Morgan fingerprint density at radius 1 is 1.09 bits per heavy atom. The first kappa shape index (κ1) is 21.5. The van der Waals surface area contributed by atoms with Crippen molar-refractivity contribution in [3.63, 3.8) is 0 Å². The zero-order valence-electron chi connectivity index (χ0n) is 16.6. The molecule has 3 heterocycles. The highest BCUT2D eigenvalue weighted by atomic mass is 16.6. The van der Waals surface area contributed by atoms with E-state index in [0.29, 0.717) is 17.2 Å². The van der Waals surface area contributed by atoms with E-state index in [-0.39, 0.29) is 5.82 Å². The Labute approximate surface area is 181 Å². The summed E-state index contributed by atoms with van der Waals surface area (Å²) in [7, 11) is 0. The van der Waals surface area contributed by atoms with Gasteiger partial charge in [-0.25, -0.2) is 14.8 Å². The molecule has 32 heavy (non-hydrogen) atoms. The average Bonchev–Trinajstić information content (AvgIpc) is 3.09. The predicted octanol–water partition coefficient (Wildman–Crippen LogP) is -0.359. The van der Waals surface area contributed by atoms with Gasteiger partial charge < -0.3 is 30.7 Å². The summed E-state index contributed by atoms with van der Waals surface area (Å²) in [6.45, 7) is -0.516. The second kappa shape index (κ2) is 9.20. The number of anilines is 3. The Bertz CT molecular complexity index is 1140. The van der Waals surface area contributed by atoms with E-state index < -0.39 is 42.7 Å². The minimum atomic E-state index is -1.42. The highest BCUT2D eigenvalue weighted by Crippen LogP contribution is 2.28. The van der Waals surface area contributed by atoms with Gasteiger partial charge in [0.15, 0.2) is 6.23 Å². The number of amides is 1. The molecule has 3 aromatic rings. The van der Waals surface area contributed by atoms with Crippen LogP contribution >= 0.6 is 0 Å². The molecule has 0 aliphatic carbocycles. The smallest absolute Gasteiger partial charge is 0.351 e. The van der Waals surface area contributed by atoms with E-state index in [0.717, 1.165) is 4.57 Å². The molecule has 1 saturated heterocycles. The van der Waals surface area contributed by atoms with Gasteiger partial charge in [-0.3, -0.25) is 9.36 Å². The second-order valence-corrected chi connectivity index (χ2v) is 6.96. The highest BCUT2D eigenvalue weighted by molar-refractivity contribution is 6.03. The number of carbonyl (C=O) groups is 1. The maximum Gasteiger partial charge on any atom is 0.351 e. The Morgan fingerprint density at radius 2 is 1.81 bits per heavy atom. The molecule has 0 spiro atoms. The summed E-state index contributed by atoms with van der Waals surface area (Å²) in [6.07, 6.45) is -0.511. The largest absolute Gasteiger partial charge is 0.394 e. The van der Waals surface area contributed by atoms with Crippen LogP contribution in [0.4, 0.5) is 17.5 Å². The summed E-state index contributed by atoms with van der Waals surface area (Å²) in [5.41, 5.74) is 0.214. The zero-order chi connectivity index (χ0) is 22.7. The van der Waals surface area contributed by atoms with Crippen LogP contribution in [0, 0.1) is 0 Å². The van der Waals surface area contributed by atoms with Crippen LogP contribution in [-0.4, -0.2) is 65.7 Å². The number of aliphatic hydroxyl groups is 3. The second-order valence-electron chi connectivity index (χ2n) is 6.96. The molecular weight excluding hydrogens is 420 g/mol. The van der Waals surface area contributed by atoms with Crippen LogP contribution in [-0.2, 0) is 4.74 Å². The molecular formula is C20H20N6O6. The van der Waals surface area contributed by atoms with Gasteiger partial charge in [0.2, 0.25) is 5.95 Å². The number of hydrogen-bond donors (Lipinski definition) is 5. The fraction of sp³-hybridized carbons (Fsp3) is 0.250. The summed E-state index contributed by atoms with van der Waals surface area (Å²) in [5.74, 6) is -0.0587. The van der Waals surface area contributed by atoms with Gasteiger partial charge in [0, 0.05) is 29.8 Å². The van der Waals surface area contributed by atoms with Crippen molar-refractivity contribution in [1.29, 1.82) is 0 Å². The van der Waals surface area contributed by atoms with Crippen LogP contribution in [0.25, 0.3) is 0 Å². The third-order valence-corrected chi connectivity index (χ3v) is 4.83. The number of ether oxygens (including phenoxy) is 1. The molecule has 4 rings (SSSR count).